The molecule has 2 amide bonds. The Morgan fingerprint density at radius 3 is 2.41 bits per heavy atom. The first kappa shape index (κ1) is 18.9. The lowest BCUT2D eigenvalue weighted by Gasteiger charge is -2.34. The molecule has 27 heavy (non-hydrogen) atoms. The molecular weight excluding hydrogens is 342 g/mol. The molecule has 1 aliphatic rings. The highest BCUT2D eigenvalue weighted by Gasteiger charge is 2.26. The van der Waals surface area contributed by atoms with Crippen LogP contribution in [0.1, 0.15) is 11.1 Å². The molecule has 2 aromatic rings. The van der Waals surface area contributed by atoms with E-state index in [1.54, 1.807) is 17.0 Å². The molecule has 1 heterocycles. The average molecular weight is 367 g/mol. The van der Waals surface area contributed by atoms with E-state index < -0.39 is 11.8 Å². The predicted molar refractivity (Wildman–Crippen MR) is 105 cm³/mol. The Morgan fingerprint density at radius 2 is 1.74 bits per heavy atom. The average Bonchev–Trinajstić information content (AvgIpc) is 2.69. The minimum absolute atomic E-state index is 0.502. The summed E-state index contributed by atoms with van der Waals surface area (Å²) in [6.07, 6.45) is 0. The van der Waals surface area contributed by atoms with Crippen LogP contribution in [0.3, 0.4) is 0 Å². The summed E-state index contributed by atoms with van der Waals surface area (Å²) in [6, 6.07) is 15.7. The number of benzene rings is 2. The van der Waals surface area contributed by atoms with E-state index >= 15 is 0 Å². The Hall–Kier alpha value is -2.86. The van der Waals surface area contributed by atoms with E-state index in [0.29, 0.717) is 24.5 Å². The number of hydrogen-bond acceptors (Lipinski definition) is 4. The fourth-order valence-corrected chi connectivity index (χ4v) is 3.19. The monoisotopic (exact) mass is 367 g/mol. The van der Waals surface area contributed by atoms with Crippen molar-refractivity contribution >= 4 is 17.5 Å². The summed E-state index contributed by atoms with van der Waals surface area (Å²) >= 11 is 0. The van der Waals surface area contributed by atoms with Gasteiger partial charge in [-0.15, -0.1) is 0 Å². The highest BCUT2D eigenvalue weighted by molar-refractivity contribution is 6.39. The van der Waals surface area contributed by atoms with Gasteiger partial charge in [-0.3, -0.25) is 14.5 Å². The van der Waals surface area contributed by atoms with E-state index in [-0.39, 0.29) is 0 Å². The number of carbonyl (C=O) groups is 2. The summed E-state index contributed by atoms with van der Waals surface area (Å²) in [7, 11) is 1.54. The first-order chi connectivity index (χ1) is 13.1. The molecule has 142 valence electrons. The fourth-order valence-electron chi connectivity index (χ4n) is 3.19. The maximum atomic E-state index is 12.5. The summed E-state index contributed by atoms with van der Waals surface area (Å²) in [5.74, 6) is -0.595. The molecule has 0 spiro atoms. The Labute approximate surface area is 159 Å². The second-order valence-electron chi connectivity index (χ2n) is 6.71. The highest BCUT2D eigenvalue weighted by Crippen LogP contribution is 2.25. The molecule has 0 saturated carbocycles. The maximum Gasteiger partial charge on any atom is 0.314 e. The van der Waals surface area contributed by atoms with Gasteiger partial charge in [-0.05, 0) is 30.2 Å². The van der Waals surface area contributed by atoms with Crippen LogP contribution in [0.2, 0.25) is 0 Å². The van der Waals surface area contributed by atoms with E-state index in [2.05, 4.69) is 22.3 Å². The van der Waals surface area contributed by atoms with E-state index in [1.807, 2.05) is 31.2 Å². The third-order valence-corrected chi connectivity index (χ3v) is 4.71. The van der Waals surface area contributed by atoms with Gasteiger partial charge in [0.2, 0.25) is 0 Å². The SMILES string of the molecule is COc1ccc(C)cc1NC(=O)C(=O)N1CCN(Cc2ccccc2)CC1. The molecule has 0 radical (unpaired) electrons. The highest BCUT2D eigenvalue weighted by atomic mass is 16.5. The van der Waals surface area contributed by atoms with Crippen molar-refractivity contribution in [1.29, 1.82) is 0 Å². The van der Waals surface area contributed by atoms with Crippen LogP contribution < -0.4 is 10.1 Å². The van der Waals surface area contributed by atoms with E-state index in [9.17, 15) is 9.59 Å². The standard InChI is InChI=1S/C21H25N3O3/c1-16-8-9-19(27-2)18(14-16)22-20(25)21(26)24-12-10-23(11-13-24)15-17-6-4-3-5-7-17/h3-9,14H,10-13,15H2,1-2H3,(H,22,25). The van der Waals surface area contributed by atoms with Crippen molar-refractivity contribution in [2.45, 2.75) is 13.5 Å². The lowest BCUT2D eigenvalue weighted by Crippen LogP contribution is -2.51. The number of hydrogen-bond donors (Lipinski definition) is 1. The van der Waals surface area contributed by atoms with E-state index in [1.165, 1.54) is 12.7 Å². The predicted octanol–water partition coefficient (Wildman–Crippen LogP) is 2.29. The molecule has 6 nitrogen and oxygen atoms in total. The largest absolute Gasteiger partial charge is 0.495 e. The molecule has 0 atom stereocenters. The van der Waals surface area contributed by atoms with Crippen LogP contribution in [-0.2, 0) is 16.1 Å². The summed E-state index contributed by atoms with van der Waals surface area (Å²) in [4.78, 5) is 28.8. The number of aryl methyl sites for hydroxylation is 1. The number of methoxy groups -OCH3 is 1. The van der Waals surface area contributed by atoms with Crippen molar-refractivity contribution in [1.82, 2.24) is 9.80 Å². The third kappa shape index (κ3) is 4.86. The number of ether oxygens (including phenoxy) is 1. The Balaban J connectivity index is 1.54. The second-order valence-corrected chi connectivity index (χ2v) is 6.71. The minimum Gasteiger partial charge on any atom is -0.495 e. The smallest absolute Gasteiger partial charge is 0.314 e. The van der Waals surface area contributed by atoms with Gasteiger partial charge in [0, 0.05) is 32.7 Å². The molecule has 0 bridgehead atoms. The number of nitrogens with one attached hydrogen (secondary N) is 1. The molecule has 0 aromatic heterocycles. The topological polar surface area (TPSA) is 61.9 Å². The number of rotatable bonds is 4. The molecule has 1 saturated heterocycles. The van der Waals surface area contributed by atoms with Gasteiger partial charge in [0.05, 0.1) is 12.8 Å². The minimum atomic E-state index is -0.629. The normalized spacial score (nSPS) is 14.7. The van der Waals surface area contributed by atoms with Crippen LogP contribution in [0.25, 0.3) is 0 Å². The number of anilines is 1. The Kier molecular flexibility index (Phi) is 6.08. The molecule has 6 heteroatoms. The number of nitrogens with zero attached hydrogens (tertiary/aromatic N) is 2. The van der Waals surface area contributed by atoms with Gasteiger partial charge in [0.25, 0.3) is 0 Å². The molecule has 2 aromatic carbocycles. The second kappa shape index (κ2) is 8.68. The molecule has 0 aliphatic carbocycles. The first-order valence-corrected chi connectivity index (χ1v) is 9.08. The summed E-state index contributed by atoms with van der Waals surface area (Å²) in [5, 5.41) is 2.68. The lowest BCUT2D eigenvalue weighted by molar-refractivity contribution is -0.144. The zero-order chi connectivity index (χ0) is 19.2. The van der Waals surface area contributed by atoms with Crippen LogP contribution >= 0.6 is 0 Å². The van der Waals surface area contributed by atoms with Gasteiger partial charge in [0.1, 0.15) is 5.75 Å². The Bertz CT molecular complexity index is 800. The number of amides is 2. The third-order valence-electron chi connectivity index (χ3n) is 4.71. The zero-order valence-electron chi connectivity index (χ0n) is 15.8. The molecule has 3 rings (SSSR count). The van der Waals surface area contributed by atoms with Crippen molar-refractivity contribution in [2.75, 3.05) is 38.6 Å². The van der Waals surface area contributed by atoms with Gasteiger partial charge in [-0.1, -0.05) is 36.4 Å². The lowest BCUT2D eigenvalue weighted by atomic mass is 10.2. The molecular formula is C21H25N3O3. The summed E-state index contributed by atoms with van der Waals surface area (Å²) in [6.45, 7) is 5.37. The number of piperazine rings is 1. The van der Waals surface area contributed by atoms with E-state index in [4.69, 9.17) is 4.74 Å². The molecule has 1 aliphatic heterocycles. The Morgan fingerprint density at radius 1 is 1.04 bits per heavy atom. The van der Waals surface area contributed by atoms with Gasteiger partial charge < -0.3 is 15.0 Å². The van der Waals surface area contributed by atoms with Crippen LogP contribution in [-0.4, -0.2) is 54.9 Å². The summed E-state index contributed by atoms with van der Waals surface area (Å²) < 4.78 is 5.25. The first-order valence-electron chi connectivity index (χ1n) is 9.08. The zero-order valence-corrected chi connectivity index (χ0v) is 15.8. The number of carbonyl (C=O) groups excluding carboxylic acids is 2. The summed E-state index contributed by atoms with van der Waals surface area (Å²) in [5.41, 5.74) is 2.74. The van der Waals surface area contributed by atoms with Gasteiger partial charge in [0.15, 0.2) is 0 Å². The molecule has 0 unspecified atom stereocenters. The van der Waals surface area contributed by atoms with Crippen molar-refractivity contribution in [3.63, 3.8) is 0 Å². The molecule has 1 N–H and O–H groups in total. The van der Waals surface area contributed by atoms with Crippen molar-refractivity contribution in [3.8, 4) is 5.75 Å². The van der Waals surface area contributed by atoms with Crippen molar-refractivity contribution < 1.29 is 14.3 Å². The van der Waals surface area contributed by atoms with Crippen LogP contribution in [0.4, 0.5) is 5.69 Å². The fraction of sp³-hybridized carbons (Fsp3) is 0.333. The maximum absolute atomic E-state index is 12.5. The van der Waals surface area contributed by atoms with Gasteiger partial charge in [-0.25, -0.2) is 0 Å². The molecule has 1 fully saturated rings. The van der Waals surface area contributed by atoms with Gasteiger partial charge in [-0.2, -0.15) is 0 Å². The van der Waals surface area contributed by atoms with Crippen molar-refractivity contribution in [2.24, 2.45) is 0 Å². The van der Waals surface area contributed by atoms with Crippen LogP contribution in [0.15, 0.2) is 48.5 Å². The van der Waals surface area contributed by atoms with Crippen molar-refractivity contribution in [3.05, 3.63) is 59.7 Å². The quantitative estimate of drug-likeness (QED) is 0.843. The van der Waals surface area contributed by atoms with Crippen LogP contribution in [0, 0.1) is 6.92 Å². The van der Waals surface area contributed by atoms with Crippen LogP contribution in [0.5, 0.6) is 5.75 Å². The van der Waals surface area contributed by atoms with E-state index in [0.717, 1.165) is 25.2 Å². The van der Waals surface area contributed by atoms with Gasteiger partial charge >= 0.3 is 11.8 Å².